The van der Waals surface area contributed by atoms with Gasteiger partial charge in [-0.1, -0.05) is 30.0 Å². The third-order valence-corrected chi connectivity index (χ3v) is 4.97. The number of nitrogens with zero attached hydrogens (tertiary/aromatic N) is 1. The maximum Gasteiger partial charge on any atom is 0.282 e. The Morgan fingerprint density at radius 3 is 2.54 bits per heavy atom. The zero-order chi connectivity index (χ0) is 18.6. The molecule has 0 radical (unpaired) electrons. The van der Waals surface area contributed by atoms with Crippen molar-refractivity contribution in [3.8, 4) is 11.5 Å². The fourth-order valence-electron chi connectivity index (χ4n) is 2.48. The number of hydrazone groups is 1. The molecule has 1 atom stereocenters. The Kier molecular flexibility index (Phi) is 5.34. The average Bonchev–Trinajstić information content (AvgIpc) is 2.69. The van der Waals surface area contributed by atoms with E-state index in [2.05, 4.69) is 15.8 Å². The molecule has 136 valence electrons. The van der Waals surface area contributed by atoms with Gasteiger partial charge in [0.05, 0.1) is 20.0 Å². The van der Waals surface area contributed by atoms with Gasteiger partial charge in [0.25, 0.3) is 5.91 Å². The largest absolute Gasteiger partial charge is 0.497 e. The van der Waals surface area contributed by atoms with Crippen LogP contribution in [0.1, 0.15) is 5.56 Å². The highest BCUT2D eigenvalue weighted by molar-refractivity contribution is 8.15. The van der Waals surface area contributed by atoms with Gasteiger partial charge in [-0.15, -0.1) is 0 Å². The predicted octanol–water partition coefficient (Wildman–Crippen LogP) is 2.14. The molecule has 0 fully saturated rings. The van der Waals surface area contributed by atoms with E-state index >= 15 is 0 Å². The molecule has 0 aromatic heterocycles. The van der Waals surface area contributed by atoms with Gasteiger partial charge < -0.3 is 19.9 Å². The molecule has 1 heterocycles. The fourth-order valence-corrected chi connectivity index (χ4v) is 3.34. The Hall–Kier alpha value is -2.71. The summed E-state index contributed by atoms with van der Waals surface area (Å²) >= 11 is 1.16. The summed E-state index contributed by atoms with van der Waals surface area (Å²) in [4.78, 5) is 12.4. The lowest BCUT2D eigenvalue weighted by molar-refractivity contribution is -0.110. The third-order valence-electron chi connectivity index (χ3n) is 3.85. The van der Waals surface area contributed by atoms with E-state index in [1.165, 1.54) is 7.11 Å². The Morgan fingerprint density at radius 2 is 1.92 bits per heavy atom. The van der Waals surface area contributed by atoms with Crippen LogP contribution >= 0.6 is 11.8 Å². The number of amides is 1. The van der Waals surface area contributed by atoms with Gasteiger partial charge in [-0.25, -0.2) is 0 Å². The Bertz CT molecular complexity index is 825. The number of thioether (sulfide) groups is 1. The molecule has 2 aromatic rings. The van der Waals surface area contributed by atoms with Crippen LogP contribution in [0.2, 0.25) is 0 Å². The maximum atomic E-state index is 12.4. The number of rotatable bonds is 5. The van der Waals surface area contributed by atoms with Crippen LogP contribution in [-0.4, -0.2) is 36.0 Å². The minimum atomic E-state index is -1.42. The number of hydrogen-bond donors (Lipinski definition) is 3. The minimum Gasteiger partial charge on any atom is -0.497 e. The Labute approximate surface area is 155 Å². The Morgan fingerprint density at radius 1 is 1.19 bits per heavy atom. The lowest BCUT2D eigenvalue weighted by Crippen LogP contribution is -2.46. The summed E-state index contributed by atoms with van der Waals surface area (Å²) in [6, 6.07) is 14.1. The molecular weight excluding hydrogens is 354 g/mol. The number of methoxy groups -OCH3 is 2. The molecule has 7 nitrogen and oxygen atoms in total. The van der Waals surface area contributed by atoms with Crippen molar-refractivity contribution in [1.82, 2.24) is 5.43 Å². The van der Waals surface area contributed by atoms with Gasteiger partial charge in [-0.2, -0.15) is 5.10 Å². The minimum absolute atomic E-state index is 0.211. The summed E-state index contributed by atoms with van der Waals surface area (Å²) in [5, 5.41) is 17.9. The third kappa shape index (κ3) is 3.76. The fraction of sp³-hybridized carbons (Fsp3) is 0.222. The first-order chi connectivity index (χ1) is 12.6. The molecule has 3 N–H and O–H groups in total. The van der Waals surface area contributed by atoms with Gasteiger partial charge in [-0.05, 0) is 30.3 Å². The van der Waals surface area contributed by atoms with Gasteiger partial charge >= 0.3 is 0 Å². The van der Waals surface area contributed by atoms with Crippen LogP contribution in [0, 0.1) is 0 Å². The van der Waals surface area contributed by atoms with Crippen molar-refractivity contribution in [3.63, 3.8) is 0 Å². The first-order valence-electron chi connectivity index (χ1n) is 7.84. The van der Waals surface area contributed by atoms with E-state index in [-0.39, 0.29) is 16.7 Å². The van der Waals surface area contributed by atoms with Crippen molar-refractivity contribution >= 4 is 28.4 Å². The monoisotopic (exact) mass is 373 g/mol. The van der Waals surface area contributed by atoms with Gasteiger partial charge in [0.2, 0.25) is 0 Å². The normalized spacial score (nSPS) is 19.1. The SMILES string of the molecule is COc1ccc(NC(=O)C2=NNC(O)(c3ccccc3OC)CS2)cc1. The number of anilines is 1. The molecule has 0 saturated heterocycles. The second-order valence-electron chi connectivity index (χ2n) is 5.56. The zero-order valence-corrected chi connectivity index (χ0v) is 15.2. The molecule has 0 bridgehead atoms. The van der Waals surface area contributed by atoms with Crippen LogP contribution in [0.25, 0.3) is 0 Å². The van der Waals surface area contributed by atoms with E-state index < -0.39 is 5.72 Å². The topological polar surface area (TPSA) is 92.2 Å². The van der Waals surface area contributed by atoms with Crippen molar-refractivity contribution in [2.24, 2.45) is 5.10 Å². The average molecular weight is 373 g/mol. The maximum absolute atomic E-state index is 12.4. The number of nitrogens with one attached hydrogen (secondary N) is 2. The van der Waals surface area contributed by atoms with Crippen LogP contribution in [-0.2, 0) is 10.5 Å². The standard InChI is InChI=1S/C18H19N3O4S/c1-24-13-9-7-12(8-10-13)19-16(22)17-20-21-18(23,11-26-17)14-5-3-4-6-15(14)25-2/h3-10,21,23H,11H2,1-2H3,(H,19,22). The first-order valence-corrected chi connectivity index (χ1v) is 8.83. The first kappa shape index (κ1) is 18.1. The highest BCUT2D eigenvalue weighted by atomic mass is 32.2. The smallest absolute Gasteiger partial charge is 0.282 e. The number of ether oxygens (including phenoxy) is 2. The number of hydrogen-bond acceptors (Lipinski definition) is 7. The van der Waals surface area contributed by atoms with E-state index in [9.17, 15) is 9.90 Å². The summed E-state index contributed by atoms with van der Waals surface area (Å²) in [5.74, 6) is 1.11. The quantitative estimate of drug-likeness (QED) is 0.744. The van der Waals surface area contributed by atoms with E-state index in [0.717, 1.165) is 11.8 Å². The van der Waals surface area contributed by atoms with Crippen LogP contribution in [0.4, 0.5) is 5.69 Å². The summed E-state index contributed by atoms with van der Waals surface area (Å²) in [6.07, 6.45) is 0. The van der Waals surface area contributed by atoms with Crippen LogP contribution in [0.3, 0.4) is 0 Å². The molecule has 3 rings (SSSR count). The molecule has 2 aromatic carbocycles. The number of para-hydroxylation sites is 1. The van der Waals surface area contributed by atoms with E-state index in [4.69, 9.17) is 9.47 Å². The molecule has 1 amide bonds. The van der Waals surface area contributed by atoms with Crippen molar-refractivity contribution in [2.45, 2.75) is 5.72 Å². The zero-order valence-electron chi connectivity index (χ0n) is 14.4. The second-order valence-corrected chi connectivity index (χ2v) is 6.52. The van der Waals surface area contributed by atoms with Crippen LogP contribution in [0.15, 0.2) is 53.6 Å². The number of carbonyl (C=O) groups excluding carboxylic acids is 1. The van der Waals surface area contributed by atoms with Gasteiger partial charge in [0, 0.05) is 11.3 Å². The predicted molar refractivity (Wildman–Crippen MR) is 102 cm³/mol. The number of carbonyl (C=O) groups is 1. The molecule has 0 aliphatic carbocycles. The van der Waals surface area contributed by atoms with Crippen molar-refractivity contribution in [3.05, 3.63) is 54.1 Å². The Balaban J connectivity index is 1.71. The van der Waals surface area contributed by atoms with E-state index in [0.29, 0.717) is 22.7 Å². The van der Waals surface area contributed by atoms with Crippen LogP contribution < -0.4 is 20.2 Å². The lowest BCUT2D eigenvalue weighted by atomic mass is 10.0. The van der Waals surface area contributed by atoms with Gasteiger partial charge in [-0.3, -0.25) is 10.2 Å². The van der Waals surface area contributed by atoms with Gasteiger partial charge in [0.1, 0.15) is 11.5 Å². The van der Waals surface area contributed by atoms with Crippen molar-refractivity contribution in [2.75, 3.05) is 25.3 Å². The van der Waals surface area contributed by atoms with Crippen molar-refractivity contribution in [1.29, 1.82) is 0 Å². The highest BCUT2D eigenvalue weighted by Crippen LogP contribution is 2.33. The van der Waals surface area contributed by atoms with Gasteiger partial charge in [0.15, 0.2) is 10.8 Å². The van der Waals surface area contributed by atoms with Crippen molar-refractivity contribution < 1.29 is 19.4 Å². The lowest BCUT2D eigenvalue weighted by Gasteiger charge is -2.32. The van der Waals surface area contributed by atoms with E-state index in [1.807, 2.05) is 6.07 Å². The summed E-state index contributed by atoms with van der Waals surface area (Å²) < 4.78 is 10.4. The number of aliphatic hydroxyl groups is 1. The second kappa shape index (κ2) is 7.67. The molecular formula is C18H19N3O4S. The van der Waals surface area contributed by atoms with Crippen LogP contribution in [0.5, 0.6) is 11.5 Å². The molecule has 1 unspecified atom stereocenters. The molecule has 0 saturated carbocycles. The summed E-state index contributed by atoms with van der Waals surface area (Å²) in [7, 11) is 3.12. The summed E-state index contributed by atoms with van der Waals surface area (Å²) in [5.41, 5.74) is 2.46. The molecule has 0 spiro atoms. The summed E-state index contributed by atoms with van der Waals surface area (Å²) in [6.45, 7) is 0. The molecule has 1 aliphatic heterocycles. The highest BCUT2D eigenvalue weighted by Gasteiger charge is 2.36. The molecule has 26 heavy (non-hydrogen) atoms. The number of benzene rings is 2. The molecule has 8 heteroatoms. The molecule has 1 aliphatic rings. The van der Waals surface area contributed by atoms with E-state index in [1.54, 1.807) is 49.6 Å².